The van der Waals surface area contributed by atoms with Crippen molar-refractivity contribution in [2.24, 2.45) is 0 Å². The van der Waals surface area contributed by atoms with E-state index in [2.05, 4.69) is 20.3 Å². The fourth-order valence-corrected chi connectivity index (χ4v) is 2.13. The lowest BCUT2D eigenvalue weighted by atomic mass is 10.2. The molecular formula is C15H16N4O3. The van der Waals surface area contributed by atoms with Crippen molar-refractivity contribution in [1.29, 1.82) is 0 Å². The van der Waals surface area contributed by atoms with Crippen molar-refractivity contribution in [3.8, 4) is 0 Å². The first-order valence-corrected chi connectivity index (χ1v) is 7.00. The molecule has 3 heterocycles. The highest BCUT2D eigenvalue weighted by Gasteiger charge is 2.12. The number of rotatable bonds is 6. The molecule has 0 radical (unpaired) electrons. The Bertz CT molecular complexity index is 718. The van der Waals surface area contributed by atoms with Crippen LogP contribution < -0.4 is 5.32 Å². The summed E-state index contributed by atoms with van der Waals surface area (Å²) in [5.74, 6) is 0.998. The molecule has 1 amide bonds. The van der Waals surface area contributed by atoms with Gasteiger partial charge in [0.05, 0.1) is 18.3 Å². The Labute approximate surface area is 126 Å². The van der Waals surface area contributed by atoms with Crippen LogP contribution in [0.4, 0.5) is 0 Å². The van der Waals surface area contributed by atoms with Crippen LogP contribution in [0.3, 0.4) is 0 Å². The lowest BCUT2D eigenvalue weighted by Gasteiger charge is -2.09. The van der Waals surface area contributed by atoms with Crippen molar-refractivity contribution in [1.82, 2.24) is 20.3 Å². The minimum absolute atomic E-state index is 0.119. The number of aromatic amines is 1. The van der Waals surface area contributed by atoms with Gasteiger partial charge in [-0.05, 0) is 24.3 Å². The molecule has 7 heteroatoms. The smallest absolute Gasteiger partial charge is 0.220 e. The van der Waals surface area contributed by atoms with E-state index in [1.165, 1.54) is 6.26 Å². The lowest BCUT2D eigenvalue weighted by molar-refractivity contribution is -0.121. The van der Waals surface area contributed by atoms with E-state index in [0.717, 1.165) is 11.3 Å². The number of nitrogens with one attached hydrogen (secondary N) is 2. The number of aliphatic hydroxyl groups excluding tert-OH is 1. The van der Waals surface area contributed by atoms with Crippen molar-refractivity contribution in [3.63, 3.8) is 0 Å². The zero-order chi connectivity index (χ0) is 15.4. The number of carbonyl (C=O) groups is 1. The first-order valence-electron chi connectivity index (χ1n) is 7.00. The Morgan fingerprint density at radius 3 is 3.09 bits per heavy atom. The normalized spacial score (nSPS) is 12.4. The highest BCUT2D eigenvalue weighted by Crippen LogP contribution is 2.12. The predicted molar refractivity (Wildman–Crippen MR) is 78.9 cm³/mol. The summed E-state index contributed by atoms with van der Waals surface area (Å²) < 4.78 is 5.07. The van der Waals surface area contributed by atoms with Gasteiger partial charge in [0.2, 0.25) is 5.91 Å². The van der Waals surface area contributed by atoms with Crippen LogP contribution >= 0.6 is 0 Å². The van der Waals surface area contributed by atoms with Crippen LogP contribution in [0.2, 0.25) is 0 Å². The zero-order valence-corrected chi connectivity index (χ0v) is 11.8. The molecule has 0 saturated heterocycles. The molecule has 7 nitrogen and oxygen atoms in total. The first-order chi connectivity index (χ1) is 10.7. The summed E-state index contributed by atoms with van der Waals surface area (Å²) in [7, 11) is 0. The molecule has 0 aromatic carbocycles. The summed E-state index contributed by atoms with van der Waals surface area (Å²) in [6, 6.07) is 7.07. The molecule has 1 atom stereocenters. The van der Waals surface area contributed by atoms with Crippen LogP contribution in [0, 0.1) is 0 Å². The monoisotopic (exact) mass is 300 g/mol. The number of nitrogens with zero attached hydrogens (tertiary/aromatic N) is 2. The van der Waals surface area contributed by atoms with Gasteiger partial charge >= 0.3 is 0 Å². The molecule has 114 valence electrons. The third-order valence-corrected chi connectivity index (χ3v) is 3.26. The molecule has 3 aromatic rings. The molecule has 0 aliphatic carbocycles. The van der Waals surface area contributed by atoms with Gasteiger partial charge in [-0.2, -0.15) is 0 Å². The molecule has 3 rings (SSSR count). The van der Waals surface area contributed by atoms with Gasteiger partial charge in [-0.15, -0.1) is 0 Å². The van der Waals surface area contributed by atoms with Crippen LogP contribution in [0.1, 0.15) is 24.1 Å². The number of carbonyl (C=O) groups excluding carboxylic acids is 1. The number of fused-ring (bicyclic) bond motifs is 1. The SMILES string of the molecule is O=C(CCc1nc2ncccc2[nH]1)NCC(O)c1ccco1. The second-order valence-electron chi connectivity index (χ2n) is 4.89. The number of H-pyrrole nitrogens is 1. The molecule has 0 aliphatic heterocycles. The quantitative estimate of drug-likeness (QED) is 0.637. The van der Waals surface area contributed by atoms with Gasteiger partial charge in [-0.3, -0.25) is 4.79 Å². The second kappa shape index (κ2) is 6.40. The number of furan rings is 1. The highest BCUT2D eigenvalue weighted by atomic mass is 16.4. The molecule has 0 fully saturated rings. The first kappa shape index (κ1) is 14.3. The molecule has 1 unspecified atom stereocenters. The summed E-state index contributed by atoms with van der Waals surface area (Å²) in [5.41, 5.74) is 1.50. The average Bonchev–Trinajstić information content (AvgIpc) is 3.19. The average molecular weight is 300 g/mol. The maximum absolute atomic E-state index is 11.8. The Morgan fingerprint density at radius 2 is 2.32 bits per heavy atom. The fraction of sp³-hybridized carbons (Fsp3) is 0.267. The van der Waals surface area contributed by atoms with Gasteiger partial charge in [-0.1, -0.05) is 0 Å². The van der Waals surface area contributed by atoms with Crippen molar-refractivity contribution < 1.29 is 14.3 Å². The Kier molecular flexibility index (Phi) is 4.15. The molecule has 0 spiro atoms. The predicted octanol–water partition coefficient (Wildman–Crippen LogP) is 1.33. The number of aliphatic hydroxyl groups is 1. The maximum atomic E-state index is 11.8. The van der Waals surface area contributed by atoms with Gasteiger partial charge in [0, 0.05) is 19.0 Å². The molecular weight excluding hydrogens is 284 g/mol. The zero-order valence-electron chi connectivity index (χ0n) is 11.8. The van der Waals surface area contributed by atoms with Gasteiger partial charge in [0.1, 0.15) is 17.7 Å². The van der Waals surface area contributed by atoms with Crippen molar-refractivity contribution >= 4 is 17.1 Å². The van der Waals surface area contributed by atoms with E-state index in [4.69, 9.17) is 4.42 Å². The lowest BCUT2D eigenvalue weighted by Crippen LogP contribution is -2.28. The topological polar surface area (TPSA) is 104 Å². The molecule has 0 bridgehead atoms. The third-order valence-electron chi connectivity index (χ3n) is 3.26. The van der Waals surface area contributed by atoms with E-state index in [1.54, 1.807) is 18.3 Å². The van der Waals surface area contributed by atoms with Gasteiger partial charge in [-0.25, -0.2) is 9.97 Å². The minimum atomic E-state index is -0.839. The Morgan fingerprint density at radius 1 is 1.41 bits per heavy atom. The van der Waals surface area contributed by atoms with E-state index < -0.39 is 6.10 Å². The van der Waals surface area contributed by atoms with E-state index in [9.17, 15) is 9.90 Å². The van der Waals surface area contributed by atoms with E-state index in [0.29, 0.717) is 17.8 Å². The van der Waals surface area contributed by atoms with Gasteiger partial charge in [0.15, 0.2) is 5.65 Å². The second-order valence-corrected chi connectivity index (χ2v) is 4.89. The summed E-state index contributed by atoms with van der Waals surface area (Å²) >= 11 is 0. The number of hydrogen-bond acceptors (Lipinski definition) is 5. The standard InChI is InChI=1S/C15H16N4O3/c20-11(12-4-2-8-22-12)9-17-14(21)6-5-13-18-10-3-1-7-16-15(10)19-13/h1-4,7-8,11,20H,5-6,9H2,(H,17,21)(H,16,18,19). The molecule has 0 saturated carbocycles. The van der Waals surface area contributed by atoms with Crippen molar-refractivity contribution in [2.45, 2.75) is 18.9 Å². The number of imidazole rings is 1. The summed E-state index contributed by atoms with van der Waals surface area (Å²) in [5, 5.41) is 12.5. The summed E-state index contributed by atoms with van der Waals surface area (Å²) in [4.78, 5) is 23.4. The van der Waals surface area contributed by atoms with Crippen molar-refractivity contribution in [3.05, 3.63) is 48.3 Å². The van der Waals surface area contributed by atoms with E-state index >= 15 is 0 Å². The summed E-state index contributed by atoms with van der Waals surface area (Å²) in [6.07, 6.45) is 3.09. The minimum Gasteiger partial charge on any atom is -0.467 e. The number of aryl methyl sites for hydroxylation is 1. The van der Waals surface area contributed by atoms with Crippen molar-refractivity contribution in [2.75, 3.05) is 6.54 Å². The van der Waals surface area contributed by atoms with Crippen LogP contribution in [0.15, 0.2) is 41.1 Å². The summed E-state index contributed by atoms with van der Waals surface area (Å²) in [6.45, 7) is 0.119. The molecule has 22 heavy (non-hydrogen) atoms. The third kappa shape index (κ3) is 3.32. The number of hydrogen-bond donors (Lipinski definition) is 3. The number of amides is 1. The molecule has 3 aromatic heterocycles. The number of pyridine rings is 1. The van der Waals surface area contributed by atoms with Gasteiger partial charge < -0.3 is 19.8 Å². The van der Waals surface area contributed by atoms with Crippen LogP contribution in [-0.2, 0) is 11.2 Å². The Balaban J connectivity index is 1.48. The van der Waals surface area contributed by atoms with Crippen LogP contribution in [-0.4, -0.2) is 32.5 Å². The van der Waals surface area contributed by atoms with Gasteiger partial charge in [0.25, 0.3) is 0 Å². The largest absolute Gasteiger partial charge is 0.467 e. The molecule has 3 N–H and O–H groups in total. The molecule has 0 aliphatic rings. The van der Waals surface area contributed by atoms with Crippen LogP contribution in [0.5, 0.6) is 0 Å². The van der Waals surface area contributed by atoms with E-state index in [-0.39, 0.29) is 18.9 Å². The Hall–Kier alpha value is -2.67. The maximum Gasteiger partial charge on any atom is 0.220 e. The highest BCUT2D eigenvalue weighted by molar-refractivity contribution is 5.76. The van der Waals surface area contributed by atoms with E-state index in [1.807, 2.05) is 12.1 Å². The van der Waals surface area contributed by atoms with Crippen LogP contribution in [0.25, 0.3) is 11.2 Å². The number of aromatic nitrogens is 3. The fourth-order valence-electron chi connectivity index (χ4n) is 2.13.